The van der Waals surface area contributed by atoms with Gasteiger partial charge in [0.1, 0.15) is 0 Å². The molecule has 0 saturated carbocycles. The number of ether oxygens (including phenoxy) is 1. The Labute approximate surface area is 95.5 Å². The zero-order valence-electron chi connectivity index (χ0n) is 8.78. The van der Waals surface area contributed by atoms with E-state index in [1.807, 2.05) is 0 Å². The molecule has 1 unspecified atom stereocenters. The Morgan fingerprint density at radius 2 is 2.24 bits per heavy atom. The zero-order chi connectivity index (χ0) is 12.4. The van der Waals surface area contributed by atoms with E-state index in [-0.39, 0.29) is 6.04 Å². The van der Waals surface area contributed by atoms with Gasteiger partial charge in [0.2, 0.25) is 0 Å². The summed E-state index contributed by atoms with van der Waals surface area (Å²) in [6.45, 7) is 0.829. The topological polar surface area (TPSA) is 64.4 Å². The van der Waals surface area contributed by atoms with Crippen LogP contribution in [0, 0.1) is 21.7 Å². The summed E-state index contributed by atoms with van der Waals surface area (Å²) in [4.78, 5) is 9.95. The van der Waals surface area contributed by atoms with Crippen molar-refractivity contribution in [1.82, 2.24) is 0 Å². The number of nitrogens with zero attached hydrogens (tertiary/aromatic N) is 1. The molecule has 0 radical (unpaired) electrons. The minimum absolute atomic E-state index is 0.231. The van der Waals surface area contributed by atoms with Crippen molar-refractivity contribution in [2.75, 3.05) is 18.5 Å². The van der Waals surface area contributed by atoms with Gasteiger partial charge >= 0.3 is 0 Å². The minimum Gasteiger partial charge on any atom is -0.379 e. The molecule has 1 aliphatic heterocycles. The van der Waals surface area contributed by atoms with Crippen LogP contribution >= 0.6 is 0 Å². The Morgan fingerprint density at radius 3 is 2.82 bits per heavy atom. The van der Waals surface area contributed by atoms with E-state index in [0.717, 1.165) is 12.1 Å². The van der Waals surface area contributed by atoms with Crippen LogP contribution in [0.3, 0.4) is 0 Å². The average molecular weight is 244 g/mol. The molecule has 0 amide bonds. The first-order valence-electron chi connectivity index (χ1n) is 5.06. The molecule has 1 aliphatic rings. The van der Waals surface area contributed by atoms with E-state index in [1.165, 1.54) is 0 Å². The SMILES string of the molecule is O=[N+]([O-])c1ccc(F)c(F)c1NC1CCOC1. The normalized spacial score (nSPS) is 19.3. The van der Waals surface area contributed by atoms with Crippen LogP contribution in [-0.2, 0) is 4.74 Å². The molecule has 1 N–H and O–H groups in total. The number of hydrogen-bond acceptors (Lipinski definition) is 4. The summed E-state index contributed by atoms with van der Waals surface area (Å²) < 4.78 is 31.6. The fraction of sp³-hybridized carbons (Fsp3) is 0.400. The lowest BCUT2D eigenvalue weighted by Gasteiger charge is -2.13. The molecule has 1 aromatic carbocycles. The van der Waals surface area contributed by atoms with Crippen molar-refractivity contribution in [3.05, 3.63) is 33.9 Å². The number of benzene rings is 1. The lowest BCUT2D eigenvalue weighted by Crippen LogP contribution is -2.21. The van der Waals surface area contributed by atoms with E-state index in [2.05, 4.69) is 5.32 Å². The first-order chi connectivity index (χ1) is 8.09. The summed E-state index contributed by atoms with van der Waals surface area (Å²) >= 11 is 0. The van der Waals surface area contributed by atoms with Crippen molar-refractivity contribution < 1.29 is 18.4 Å². The van der Waals surface area contributed by atoms with E-state index in [4.69, 9.17) is 4.74 Å². The second-order valence-electron chi connectivity index (χ2n) is 3.72. The molecule has 0 bridgehead atoms. The Balaban J connectivity index is 2.34. The van der Waals surface area contributed by atoms with Gasteiger partial charge in [-0.15, -0.1) is 0 Å². The van der Waals surface area contributed by atoms with Gasteiger partial charge in [-0.1, -0.05) is 0 Å². The molecule has 7 heteroatoms. The number of anilines is 1. The highest BCUT2D eigenvalue weighted by atomic mass is 19.2. The number of nitro benzene ring substituents is 1. The summed E-state index contributed by atoms with van der Waals surface area (Å²) in [7, 11) is 0. The van der Waals surface area contributed by atoms with Crippen molar-refractivity contribution in [1.29, 1.82) is 0 Å². The van der Waals surface area contributed by atoms with Crippen LogP contribution in [0.15, 0.2) is 12.1 Å². The maximum atomic E-state index is 13.5. The molecule has 92 valence electrons. The van der Waals surface area contributed by atoms with Crippen molar-refractivity contribution >= 4 is 11.4 Å². The summed E-state index contributed by atoms with van der Waals surface area (Å²) in [6.07, 6.45) is 0.604. The van der Waals surface area contributed by atoms with Gasteiger partial charge in [0.25, 0.3) is 5.69 Å². The lowest BCUT2D eigenvalue weighted by atomic mass is 10.2. The molecule has 17 heavy (non-hydrogen) atoms. The predicted molar refractivity (Wildman–Crippen MR) is 55.9 cm³/mol. The highest BCUT2D eigenvalue weighted by Crippen LogP contribution is 2.30. The van der Waals surface area contributed by atoms with Gasteiger partial charge in [-0.2, -0.15) is 0 Å². The number of hydrogen-bond donors (Lipinski definition) is 1. The highest BCUT2D eigenvalue weighted by molar-refractivity contribution is 5.63. The number of nitrogens with one attached hydrogen (secondary N) is 1. The van der Waals surface area contributed by atoms with Gasteiger partial charge in [-0.3, -0.25) is 10.1 Å². The van der Waals surface area contributed by atoms with Crippen LogP contribution in [0.5, 0.6) is 0 Å². The van der Waals surface area contributed by atoms with Gasteiger partial charge in [0, 0.05) is 12.7 Å². The summed E-state index contributed by atoms with van der Waals surface area (Å²) in [5, 5.41) is 13.3. The standard InChI is InChI=1S/C10H10F2N2O3/c11-7-1-2-8(14(15)16)10(9(7)12)13-6-3-4-17-5-6/h1-2,6,13H,3-5H2. The van der Waals surface area contributed by atoms with Gasteiger partial charge < -0.3 is 10.1 Å². The monoisotopic (exact) mass is 244 g/mol. The van der Waals surface area contributed by atoms with Crippen molar-refractivity contribution in [3.8, 4) is 0 Å². The Hall–Kier alpha value is -1.76. The van der Waals surface area contributed by atoms with Crippen LogP contribution in [0.25, 0.3) is 0 Å². The molecule has 0 aromatic heterocycles. The van der Waals surface area contributed by atoms with Crippen molar-refractivity contribution in [3.63, 3.8) is 0 Å². The quantitative estimate of drug-likeness (QED) is 0.653. The smallest absolute Gasteiger partial charge is 0.295 e. The predicted octanol–water partition coefficient (Wildman–Crippen LogP) is 2.07. The maximum Gasteiger partial charge on any atom is 0.295 e. The van der Waals surface area contributed by atoms with E-state index in [0.29, 0.717) is 19.6 Å². The molecular formula is C10H10F2N2O3. The van der Waals surface area contributed by atoms with E-state index in [9.17, 15) is 18.9 Å². The summed E-state index contributed by atoms with van der Waals surface area (Å²) in [5.74, 6) is -2.34. The highest BCUT2D eigenvalue weighted by Gasteiger charge is 2.25. The third-order valence-electron chi connectivity index (χ3n) is 2.55. The van der Waals surface area contributed by atoms with Gasteiger partial charge in [0.15, 0.2) is 17.3 Å². The summed E-state index contributed by atoms with van der Waals surface area (Å²) in [5.41, 5.74) is -0.888. The van der Waals surface area contributed by atoms with Crippen molar-refractivity contribution in [2.45, 2.75) is 12.5 Å². The molecule has 1 fully saturated rings. The van der Waals surface area contributed by atoms with Crippen LogP contribution in [0.4, 0.5) is 20.2 Å². The molecule has 5 nitrogen and oxygen atoms in total. The van der Waals surface area contributed by atoms with E-state index >= 15 is 0 Å². The number of halogens is 2. The minimum atomic E-state index is -1.23. The molecule has 1 saturated heterocycles. The Morgan fingerprint density at radius 1 is 1.47 bits per heavy atom. The summed E-state index contributed by atoms with van der Waals surface area (Å²) in [6, 6.07) is 1.45. The van der Waals surface area contributed by atoms with E-state index < -0.39 is 27.9 Å². The second-order valence-corrected chi connectivity index (χ2v) is 3.72. The van der Waals surface area contributed by atoms with Crippen LogP contribution in [0.1, 0.15) is 6.42 Å². The van der Waals surface area contributed by atoms with Gasteiger partial charge in [-0.25, -0.2) is 8.78 Å². The zero-order valence-corrected chi connectivity index (χ0v) is 8.78. The molecule has 2 rings (SSSR count). The first-order valence-corrected chi connectivity index (χ1v) is 5.06. The first kappa shape index (κ1) is 11.7. The van der Waals surface area contributed by atoms with Crippen molar-refractivity contribution in [2.24, 2.45) is 0 Å². The third kappa shape index (κ3) is 2.33. The van der Waals surface area contributed by atoms with E-state index in [1.54, 1.807) is 0 Å². The molecule has 1 atom stereocenters. The fourth-order valence-corrected chi connectivity index (χ4v) is 1.68. The molecule has 1 aromatic rings. The van der Waals surface area contributed by atoms with Gasteiger partial charge in [0.05, 0.1) is 17.6 Å². The number of nitro groups is 1. The largest absolute Gasteiger partial charge is 0.379 e. The maximum absolute atomic E-state index is 13.5. The van der Waals surface area contributed by atoms with Crippen LogP contribution < -0.4 is 5.32 Å². The molecule has 1 heterocycles. The lowest BCUT2D eigenvalue weighted by molar-refractivity contribution is -0.384. The van der Waals surface area contributed by atoms with Gasteiger partial charge in [-0.05, 0) is 12.5 Å². The van der Waals surface area contributed by atoms with Crippen LogP contribution in [-0.4, -0.2) is 24.2 Å². The second kappa shape index (κ2) is 4.62. The van der Waals surface area contributed by atoms with Crippen LogP contribution in [0.2, 0.25) is 0 Å². The Kier molecular flexibility index (Phi) is 3.19. The molecular weight excluding hydrogens is 234 g/mol. The Bertz CT molecular complexity index is 447. The average Bonchev–Trinajstić information content (AvgIpc) is 2.77. The number of rotatable bonds is 3. The third-order valence-corrected chi connectivity index (χ3v) is 2.55. The molecule has 0 spiro atoms. The fourth-order valence-electron chi connectivity index (χ4n) is 1.68. The molecule has 0 aliphatic carbocycles.